The monoisotopic (exact) mass is 398 g/mol. The quantitative estimate of drug-likeness (QED) is 0.765. The van der Waals surface area contributed by atoms with Crippen molar-refractivity contribution in [3.05, 3.63) is 35.7 Å². The van der Waals surface area contributed by atoms with E-state index in [4.69, 9.17) is 0 Å². The molecule has 1 aromatic carbocycles. The number of halogens is 2. The molecule has 0 spiro atoms. The first-order valence-electron chi connectivity index (χ1n) is 7.93. The van der Waals surface area contributed by atoms with Crippen LogP contribution in [0.15, 0.2) is 24.3 Å². The van der Waals surface area contributed by atoms with E-state index in [1.165, 1.54) is 40.7 Å². The van der Waals surface area contributed by atoms with Gasteiger partial charge in [-0.1, -0.05) is 5.21 Å². The maximum absolute atomic E-state index is 12.5. The molecule has 0 aliphatic carbocycles. The van der Waals surface area contributed by atoms with E-state index in [1.807, 2.05) is 0 Å². The molecule has 0 saturated carbocycles. The SMILES string of the molecule is Cc1c(C(=O)NC2(C(=O)O)CCSC2)nnn1-c1ccc(OC(F)F)cc1. The number of nitrogens with one attached hydrogen (secondary N) is 1. The number of aliphatic carboxylic acids is 1. The van der Waals surface area contributed by atoms with E-state index in [1.54, 1.807) is 6.92 Å². The molecule has 1 unspecified atom stereocenters. The summed E-state index contributed by atoms with van der Waals surface area (Å²) < 4.78 is 30.1. The molecule has 144 valence electrons. The fourth-order valence-corrected chi connectivity index (χ4v) is 4.04. The maximum Gasteiger partial charge on any atom is 0.387 e. The molecule has 1 saturated heterocycles. The van der Waals surface area contributed by atoms with E-state index in [2.05, 4.69) is 20.4 Å². The van der Waals surface area contributed by atoms with Gasteiger partial charge >= 0.3 is 12.6 Å². The van der Waals surface area contributed by atoms with Gasteiger partial charge in [-0.05, 0) is 43.4 Å². The van der Waals surface area contributed by atoms with Crippen molar-refractivity contribution in [2.24, 2.45) is 0 Å². The van der Waals surface area contributed by atoms with Gasteiger partial charge in [0.15, 0.2) is 5.69 Å². The zero-order valence-electron chi connectivity index (χ0n) is 14.2. The van der Waals surface area contributed by atoms with Crippen LogP contribution < -0.4 is 10.1 Å². The van der Waals surface area contributed by atoms with Crippen molar-refractivity contribution in [3.63, 3.8) is 0 Å². The first-order valence-corrected chi connectivity index (χ1v) is 9.09. The summed E-state index contributed by atoms with van der Waals surface area (Å²) >= 11 is 1.46. The van der Waals surface area contributed by atoms with E-state index in [0.717, 1.165) is 0 Å². The molecule has 1 fully saturated rings. The molecule has 0 radical (unpaired) electrons. The number of thioether (sulfide) groups is 1. The molecule has 1 aromatic heterocycles. The predicted molar refractivity (Wildman–Crippen MR) is 92.5 cm³/mol. The lowest BCUT2D eigenvalue weighted by Gasteiger charge is -2.24. The number of carbonyl (C=O) groups is 2. The van der Waals surface area contributed by atoms with Crippen LogP contribution in [0.4, 0.5) is 8.78 Å². The standard InChI is InChI=1S/C16H16F2N4O4S/c1-9-12(13(23)19-16(14(24)25)6-7-27-8-16)20-21-22(9)10-2-4-11(5-3-10)26-15(17)18/h2-5,15H,6-8H2,1H3,(H,19,23)(H,24,25). The highest BCUT2D eigenvalue weighted by atomic mass is 32.2. The smallest absolute Gasteiger partial charge is 0.387 e. The Morgan fingerprint density at radius 2 is 2.07 bits per heavy atom. The van der Waals surface area contributed by atoms with Crippen LogP contribution in [0.3, 0.4) is 0 Å². The van der Waals surface area contributed by atoms with Crippen LogP contribution in [0.25, 0.3) is 5.69 Å². The zero-order valence-corrected chi connectivity index (χ0v) is 15.0. The number of amides is 1. The highest BCUT2D eigenvalue weighted by Gasteiger charge is 2.44. The number of nitrogens with zero attached hydrogens (tertiary/aromatic N) is 3. The molecule has 0 bridgehead atoms. The first-order chi connectivity index (χ1) is 12.8. The second kappa shape index (κ2) is 7.51. The molecule has 2 aromatic rings. The van der Waals surface area contributed by atoms with Gasteiger partial charge in [0.2, 0.25) is 0 Å². The third-order valence-corrected chi connectivity index (χ3v) is 5.39. The van der Waals surface area contributed by atoms with Crippen LogP contribution in [0.2, 0.25) is 0 Å². The largest absolute Gasteiger partial charge is 0.479 e. The Morgan fingerprint density at radius 1 is 1.37 bits per heavy atom. The van der Waals surface area contributed by atoms with Gasteiger partial charge in [0.1, 0.15) is 11.3 Å². The number of carbonyl (C=O) groups excluding carboxylic acids is 1. The van der Waals surface area contributed by atoms with Crippen LogP contribution >= 0.6 is 11.8 Å². The Bertz CT molecular complexity index is 851. The number of hydrogen-bond donors (Lipinski definition) is 2. The average molecular weight is 398 g/mol. The summed E-state index contributed by atoms with van der Waals surface area (Å²) in [5, 5.41) is 19.8. The number of ether oxygens (including phenoxy) is 1. The zero-order chi connectivity index (χ0) is 19.6. The molecule has 2 heterocycles. The van der Waals surface area contributed by atoms with Crippen LogP contribution in [0.5, 0.6) is 5.75 Å². The third kappa shape index (κ3) is 3.87. The number of hydrogen-bond acceptors (Lipinski definition) is 6. The predicted octanol–water partition coefficient (Wildman–Crippen LogP) is 1.87. The van der Waals surface area contributed by atoms with Crippen molar-refractivity contribution in [2.75, 3.05) is 11.5 Å². The molecular formula is C16H16F2N4O4S. The molecule has 27 heavy (non-hydrogen) atoms. The lowest BCUT2D eigenvalue weighted by atomic mass is 9.99. The third-order valence-electron chi connectivity index (χ3n) is 4.20. The molecule has 1 aliphatic rings. The minimum absolute atomic E-state index is 0.000400. The van der Waals surface area contributed by atoms with Gasteiger partial charge in [-0.15, -0.1) is 5.10 Å². The molecule has 8 nitrogen and oxygen atoms in total. The average Bonchev–Trinajstić information content (AvgIpc) is 3.23. The second-order valence-electron chi connectivity index (χ2n) is 5.95. The molecule has 3 rings (SSSR count). The Morgan fingerprint density at radius 3 is 2.63 bits per heavy atom. The normalized spacial score (nSPS) is 19.3. The number of carboxylic acids is 1. The van der Waals surface area contributed by atoms with Gasteiger partial charge in [-0.3, -0.25) is 4.79 Å². The second-order valence-corrected chi connectivity index (χ2v) is 7.06. The lowest BCUT2D eigenvalue weighted by Crippen LogP contribution is -2.55. The summed E-state index contributed by atoms with van der Waals surface area (Å²) in [5.74, 6) is -0.786. The Labute approximate surface area is 156 Å². The van der Waals surface area contributed by atoms with E-state index in [-0.39, 0.29) is 17.2 Å². The summed E-state index contributed by atoms with van der Waals surface area (Å²) in [6.07, 6.45) is 0.331. The minimum atomic E-state index is -2.92. The van der Waals surface area contributed by atoms with Crippen molar-refractivity contribution in [1.82, 2.24) is 20.3 Å². The Balaban J connectivity index is 1.80. The van der Waals surface area contributed by atoms with Gasteiger partial charge in [0.05, 0.1) is 11.4 Å². The highest BCUT2D eigenvalue weighted by molar-refractivity contribution is 7.99. The Hall–Kier alpha value is -2.69. The van der Waals surface area contributed by atoms with Crippen LogP contribution in [0, 0.1) is 6.92 Å². The number of alkyl halides is 2. The summed E-state index contributed by atoms with van der Waals surface area (Å²) in [4.78, 5) is 24.1. The summed E-state index contributed by atoms with van der Waals surface area (Å²) in [6.45, 7) is -1.32. The van der Waals surface area contributed by atoms with Gasteiger partial charge in [-0.25, -0.2) is 9.48 Å². The number of carboxylic acid groups (broad SMARTS) is 1. The van der Waals surface area contributed by atoms with Crippen molar-refractivity contribution >= 4 is 23.6 Å². The van der Waals surface area contributed by atoms with E-state index in [0.29, 0.717) is 23.6 Å². The fourth-order valence-electron chi connectivity index (χ4n) is 2.72. The van der Waals surface area contributed by atoms with E-state index < -0.39 is 24.0 Å². The first kappa shape index (κ1) is 19.1. The highest BCUT2D eigenvalue weighted by Crippen LogP contribution is 2.29. The van der Waals surface area contributed by atoms with E-state index >= 15 is 0 Å². The number of rotatable bonds is 6. The maximum atomic E-state index is 12.5. The number of benzene rings is 1. The van der Waals surface area contributed by atoms with Gasteiger partial charge in [0, 0.05) is 5.75 Å². The van der Waals surface area contributed by atoms with Crippen molar-refractivity contribution in [2.45, 2.75) is 25.5 Å². The Kier molecular flexibility index (Phi) is 5.31. The molecule has 1 aliphatic heterocycles. The van der Waals surface area contributed by atoms with Crippen LogP contribution in [0.1, 0.15) is 22.6 Å². The van der Waals surface area contributed by atoms with Crippen molar-refractivity contribution in [3.8, 4) is 11.4 Å². The minimum Gasteiger partial charge on any atom is -0.479 e. The van der Waals surface area contributed by atoms with Gasteiger partial charge in [-0.2, -0.15) is 20.5 Å². The molecule has 1 amide bonds. The topological polar surface area (TPSA) is 106 Å². The van der Waals surface area contributed by atoms with E-state index in [9.17, 15) is 23.5 Å². The van der Waals surface area contributed by atoms with Gasteiger partial charge in [0.25, 0.3) is 5.91 Å². The van der Waals surface area contributed by atoms with Crippen molar-refractivity contribution in [1.29, 1.82) is 0 Å². The summed E-state index contributed by atoms with van der Waals surface area (Å²) in [7, 11) is 0. The lowest BCUT2D eigenvalue weighted by molar-refractivity contribution is -0.143. The fraction of sp³-hybridized carbons (Fsp3) is 0.375. The van der Waals surface area contributed by atoms with Crippen LogP contribution in [-0.4, -0.2) is 55.6 Å². The van der Waals surface area contributed by atoms with Gasteiger partial charge < -0.3 is 15.2 Å². The summed E-state index contributed by atoms with van der Waals surface area (Å²) in [6, 6.07) is 5.68. The molecule has 1 atom stereocenters. The molecular weight excluding hydrogens is 382 g/mol. The van der Waals surface area contributed by atoms with Crippen LogP contribution in [-0.2, 0) is 4.79 Å². The molecule has 2 N–H and O–H groups in total. The van der Waals surface area contributed by atoms with Crippen molar-refractivity contribution < 1.29 is 28.2 Å². The molecule has 11 heteroatoms. The number of aromatic nitrogens is 3. The summed E-state index contributed by atoms with van der Waals surface area (Å²) in [5.41, 5.74) is -0.432.